The molecule has 0 aromatic carbocycles. The van der Waals surface area contributed by atoms with Gasteiger partial charge in [-0.1, -0.05) is 0 Å². The molecule has 1 aliphatic rings. The molecule has 1 fully saturated rings. The Labute approximate surface area is 132 Å². The summed E-state index contributed by atoms with van der Waals surface area (Å²) in [6.45, 7) is 4.25. The number of carbonyl (C=O) groups excluding carboxylic acids is 1. The van der Waals surface area contributed by atoms with Crippen LogP contribution in [0.4, 0.5) is 0 Å². The van der Waals surface area contributed by atoms with Gasteiger partial charge >= 0.3 is 0 Å². The van der Waals surface area contributed by atoms with Crippen molar-refractivity contribution in [1.82, 2.24) is 9.88 Å². The van der Waals surface area contributed by atoms with Crippen molar-refractivity contribution in [3.63, 3.8) is 0 Å². The standard InChI is InChI=1S/C15H18N2O2S2/c1-15(2,19)12-4-3-6-17(12)14(18)11-8-16-13(21-11)10-5-7-20-9-10/h5,7-9,12,19H,3-4,6H2,1-2H3. The molecule has 1 saturated heterocycles. The quantitative estimate of drug-likeness (QED) is 0.944. The van der Waals surface area contributed by atoms with Crippen LogP contribution in [0.3, 0.4) is 0 Å². The van der Waals surface area contributed by atoms with Gasteiger partial charge in [-0.25, -0.2) is 4.98 Å². The first-order chi connectivity index (χ1) is 9.97. The van der Waals surface area contributed by atoms with Gasteiger partial charge in [0.25, 0.3) is 5.91 Å². The summed E-state index contributed by atoms with van der Waals surface area (Å²) in [7, 11) is 0. The Balaban J connectivity index is 1.82. The van der Waals surface area contributed by atoms with Gasteiger partial charge in [0.1, 0.15) is 9.88 Å². The predicted molar refractivity (Wildman–Crippen MR) is 85.8 cm³/mol. The molecule has 0 saturated carbocycles. The highest BCUT2D eigenvalue weighted by Crippen LogP contribution is 2.31. The molecule has 112 valence electrons. The van der Waals surface area contributed by atoms with Crippen LogP contribution in [0.25, 0.3) is 10.6 Å². The fourth-order valence-corrected chi connectivity index (χ4v) is 4.36. The van der Waals surface area contributed by atoms with E-state index < -0.39 is 5.60 Å². The molecule has 0 aliphatic carbocycles. The van der Waals surface area contributed by atoms with Gasteiger partial charge in [-0.3, -0.25) is 4.79 Å². The number of thiazole rings is 1. The number of hydrogen-bond donors (Lipinski definition) is 1. The van der Waals surface area contributed by atoms with Gasteiger partial charge in [0.2, 0.25) is 0 Å². The number of thiophene rings is 1. The number of nitrogens with zero attached hydrogens (tertiary/aromatic N) is 2. The van der Waals surface area contributed by atoms with Crippen LogP contribution in [0.2, 0.25) is 0 Å². The summed E-state index contributed by atoms with van der Waals surface area (Å²) in [5, 5.41) is 15.1. The fourth-order valence-electron chi connectivity index (χ4n) is 2.78. The van der Waals surface area contributed by atoms with E-state index in [4.69, 9.17) is 0 Å². The van der Waals surface area contributed by atoms with E-state index in [1.165, 1.54) is 11.3 Å². The van der Waals surface area contributed by atoms with Crippen molar-refractivity contribution in [1.29, 1.82) is 0 Å². The van der Waals surface area contributed by atoms with Crippen LogP contribution in [0.1, 0.15) is 36.4 Å². The van der Waals surface area contributed by atoms with Crippen molar-refractivity contribution >= 4 is 28.6 Å². The van der Waals surface area contributed by atoms with Crippen LogP contribution in [-0.4, -0.2) is 39.1 Å². The Morgan fingerprint density at radius 2 is 2.33 bits per heavy atom. The maximum Gasteiger partial charge on any atom is 0.265 e. The van der Waals surface area contributed by atoms with Gasteiger partial charge < -0.3 is 10.0 Å². The van der Waals surface area contributed by atoms with Gasteiger partial charge in [-0.2, -0.15) is 11.3 Å². The fraction of sp³-hybridized carbons (Fsp3) is 0.467. The van der Waals surface area contributed by atoms with Crippen molar-refractivity contribution in [3.05, 3.63) is 27.9 Å². The van der Waals surface area contributed by atoms with Crippen molar-refractivity contribution in [3.8, 4) is 10.6 Å². The number of amides is 1. The van der Waals surface area contributed by atoms with E-state index >= 15 is 0 Å². The largest absolute Gasteiger partial charge is 0.388 e. The van der Waals surface area contributed by atoms with Crippen LogP contribution in [0.15, 0.2) is 23.0 Å². The number of rotatable bonds is 3. The third-order valence-corrected chi connectivity index (χ3v) is 5.53. The lowest BCUT2D eigenvalue weighted by atomic mass is 9.96. The first kappa shape index (κ1) is 14.7. The zero-order chi connectivity index (χ0) is 15.0. The van der Waals surface area contributed by atoms with Crippen LogP contribution in [0, 0.1) is 0 Å². The lowest BCUT2D eigenvalue weighted by Crippen LogP contribution is -2.48. The minimum absolute atomic E-state index is 0.0152. The second-order valence-corrected chi connectivity index (χ2v) is 7.66. The molecular formula is C15H18N2O2S2. The second kappa shape index (κ2) is 5.51. The van der Waals surface area contributed by atoms with Crippen molar-refractivity contribution in [2.24, 2.45) is 0 Å². The summed E-state index contributed by atoms with van der Waals surface area (Å²) >= 11 is 3.04. The zero-order valence-corrected chi connectivity index (χ0v) is 13.7. The molecule has 2 aromatic rings. The molecule has 3 rings (SSSR count). The molecule has 0 radical (unpaired) electrons. The van der Waals surface area contributed by atoms with Crippen molar-refractivity contribution in [2.75, 3.05) is 6.54 Å². The predicted octanol–water partition coefficient (Wildman–Crippen LogP) is 3.25. The number of carbonyl (C=O) groups is 1. The van der Waals surface area contributed by atoms with Crippen LogP contribution in [-0.2, 0) is 0 Å². The Hall–Kier alpha value is -1.24. The molecular weight excluding hydrogens is 304 g/mol. The molecule has 6 heteroatoms. The average molecular weight is 322 g/mol. The normalized spacial score (nSPS) is 19.2. The topological polar surface area (TPSA) is 53.4 Å². The van der Waals surface area contributed by atoms with E-state index in [-0.39, 0.29) is 11.9 Å². The van der Waals surface area contributed by atoms with Crippen molar-refractivity contribution in [2.45, 2.75) is 38.3 Å². The van der Waals surface area contributed by atoms with Crippen molar-refractivity contribution < 1.29 is 9.90 Å². The zero-order valence-electron chi connectivity index (χ0n) is 12.1. The van der Waals surface area contributed by atoms with Crippen LogP contribution in [0.5, 0.6) is 0 Å². The Bertz CT molecular complexity index is 628. The number of hydrogen-bond acceptors (Lipinski definition) is 5. The minimum atomic E-state index is -0.868. The summed E-state index contributed by atoms with van der Waals surface area (Å²) in [5.41, 5.74) is 0.192. The van der Waals surface area contributed by atoms with Crippen LogP contribution < -0.4 is 0 Å². The molecule has 1 atom stereocenters. The highest BCUT2D eigenvalue weighted by atomic mass is 32.1. The number of aromatic nitrogens is 1. The van der Waals surface area contributed by atoms with Crippen LogP contribution >= 0.6 is 22.7 Å². The minimum Gasteiger partial charge on any atom is -0.388 e. The molecule has 1 unspecified atom stereocenters. The lowest BCUT2D eigenvalue weighted by Gasteiger charge is -2.33. The molecule has 1 aliphatic heterocycles. The highest BCUT2D eigenvalue weighted by molar-refractivity contribution is 7.17. The maximum absolute atomic E-state index is 12.7. The highest BCUT2D eigenvalue weighted by Gasteiger charge is 2.39. The summed E-state index contributed by atoms with van der Waals surface area (Å²) in [5.74, 6) is -0.0152. The first-order valence-electron chi connectivity index (χ1n) is 6.98. The monoisotopic (exact) mass is 322 g/mol. The molecule has 2 aromatic heterocycles. The first-order valence-corrected chi connectivity index (χ1v) is 8.74. The molecule has 0 spiro atoms. The summed E-state index contributed by atoms with van der Waals surface area (Å²) in [6.07, 6.45) is 3.45. The van der Waals surface area contributed by atoms with Gasteiger partial charge in [-0.05, 0) is 38.1 Å². The maximum atomic E-state index is 12.7. The molecule has 21 heavy (non-hydrogen) atoms. The number of likely N-dealkylation sites (tertiary alicyclic amines) is 1. The third-order valence-electron chi connectivity index (χ3n) is 3.81. The smallest absolute Gasteiger partial charge is 0.265 e. The second-order valence-electron chi connectivity index (χ2n) is 5.85. The average Bonchev–Trinajstić information content (AvgIpc) is 3.16. The SMILES string of the molecule is CC(C)(O)C1CCCN1C(=O)c1cnc(-c2ccsc2)s1. The molecule has 3 heterocycles. The van der Waals surface area contributed by atoms with E-state index in [9.17, 15) is 9.90 Å². The van der Waals surface area contributed by atoms with E-state index in [2.05, 4.69) is 4.98 Å². The Kier molecular flexibility index (Phi) is 3.86. The molecule has 1 N–H and O–H groups in total. The van der Waals surface area contributed by atoms with E-state index in [0.717, 1.165) is 23.4 Å². The van der Waals surface area contributed by atoms with Gasteiger partial charge in [-0.15, -0.1) is 11.3 Å². The Morgan fingerprint density at radius 1 is 1.52 bits per heavy atom. The molecule has 1 amide bonds. The van der Waals surface area contributed by atoms with E-state index in [1.54, 1.807) is 36.3 Å². The van der Waals surface area contributed by atoms with E-state index in [0.29, 0.717) is 11.4 Å². The molecule has 0 bridgehead atoms. The van der Waals surface area contributed by atoms with Gasteiger partial charge in [0.05, 0.1) is 17.8 Å². The number of aliphatic hydroxyl groups is 1. The van der Waals surface area contributed by atoms with Gasteiger partial charge in [0.15, 0.2) is 0 Å². The summed E-state index contributed by atoms with van der Waals surface area (Å²) in [4.78, 5) is 19.5. The third kappa shape index (κ3) is 2.88. The summed E-state index contributed by atoms with van der Waals surface area (Å²) in [6, 6.07) is 1.89. The lowest BCUT2D eigenvalue weighted by molar-refractivity contribution is 0.000510. The van der Waals surface area contributed by atoms with E-state index in [1.807, 2.05) is 16.8 Å². The van der Waals surface area contributed by atoms with Gasteiger partial charge in [0, 0.05) is 17.5 Å². The molecule has 4 nitrogen and oxygen atoms in total. The summed E-state index contributed by atoms with van der Waals surface area (Å²) < 4.78 is 0. The Morgan fingerprint density at radius 3 is 3.00 bits per heavy atom.